The summed E-state index contributed by atoms with van der Waals surface area (Å²) in [6, 6.07) is 0. The molecule has 3 heterocycles. The van der Waals surface area contributed by atoms with E-state index in [1.165, 1.54) is 36.2 Å². The van der Waals surface area contributed by atoms with Crippen molar-refractivity contribution in [3.63, 3.8) is 0 Å². The van der Waals surface area contributed by atoms with E-state index >= 15 is 0 Å². The number of fused-ring (bicyclic) bond motifs is 1. The molecule has 2 aliphatic heterocycles. The molecule has 2 aliphatic carbocycles. The number of nitrogens with zero attached hydrogens (tertiary/aromatic N) is 2. The SMILES string of the molecule is O=C1CC(C(=O)N2CCc3[nH]nc(C4CC4)c3CC2)C2(CCCCC2)O1. The Labute approximate surface area is 153 Å². The fourth-order valence-corrected chi connectivity index (χ4v) is 5.25. The van der Waals surface area contributed by atoms with E-state index in [0.717, 1.165) is 45.1 Å². The van der Waals surface area contributed by atoms with Crippen molar-refractivity contribution in [3.8, 4) is 0 Å². The molecule has 1 saturated heterocycles. The van der Waals surface area contributed by atoms with Gasteiger partial charge in [-0.3, -0.25) is 14.7 Å². The summed E-state index contributed by atoms with van der Waals surface area (Å²) in [7, 11) is 0. The number of esters is 1. The van der Waals surface area contributed by atoms with Crippen molar-refractivity contribution in [2.24, 2.45) is 5.92 Å². The van der Waals surface area contributed by atoms with E-state index < -0.39 is 5.60 Å². The number of ether oxygens (including phenoxy) is 1. The molecule has 4 aliphatic rings. The molecule has 1 amide bonds. The first-order chi connectivity index (χ1) is 12.7. The number of carbonyl (C=O) groups is 2. The number of rotatable bonds is 2. The molecule has 26 heavy (non-hydrogen) atoms. The number of hydrogen-bond acceptors (Lipinski definition) is 4. The van der Waals surface area contributed by atoms with Gasteiger partial charge in [-0.25, -0.2) is 0 Å². The molecule has 1 atom stereocenters. The second kappa shape index (κ2) is 6.10. The molecule has 2 saturated carbocycles. The third-order valence-electron chi connectivity index (χ3n) is 6.84. The minimum atomic E-state index is -0.520. The Kier molecular flexibility index (Phi) is 3.83. The molecule has 1 aromatic rings. The quantitative estimate of drug-likeness (QED) is 0.825. The van der Waals surface area contributed by atoms with Gasteiger partial charge in [0.2, 0.25) is 5.91 Å². The molecular formula is C20H27N3O3. The maximum absolute atomic E-state index is 13.3. The first-order valence-electron chi connectivity index (χ1n) is 10.2. The van der Waals surface area contributed by atoms with Crippen LogP contribution in [0.5, 0.6) is 0 Å². The summed E-state index contributed by atoms with van der Waals surface area (Å²) >= 11 is 0. The molecule has 0 bridgehead atoms. The Morgan fingerprint density at radius 1 is 1.15 bits per heavy atom. The summed E-state index contributed by atoms with van der Waals surface area (Å²) in [6.45, 7) is 1.44. The highest BCUT2D eigenvalue weighted by Gasteiger charge is 2.53. The number of H-pyrrole nitrogens is 1. The molecule has 0 aromatic carbocycles. The molecule has 1 unspecified atom stereocenters. The van der Waals surface area contributed by atoms with E-state index in [0.29, 0.717) is 12.5 Å². The zero-order valence-corrected chi connectivity index (χ0v) is 15.3. The summed E-state index contributed by atoms with van der Waals surface area (Å²) in [4.78, 5) is 27.4. The largest absolute Gasteiger partial charge is 0.458 e. The Morgan fingerprint density at radius 3 is 2.69 bits per heavy atom. The topological polar surface area (TPSA) is 75.3 Å². The highest BCUT2D eigenvalue weighted by atomic mass is 16.6. The van der Waals surface area contributed by atoms with Crippen molar-refractivity contribution in [2.75, 3.05) is 13.1 Å². The van der Waals surface area contributed by atoms with Crippen molar-refractivity contribution >= 4 is 11.9 Å². The van der Waals surface area contributed by atoms with Crippen LogP contribution in [0.3, 0.4) is 0 Å². The van der Waals surface area contributed by atoms with Gasteiger partial charge in [0, 0.05) is 31.1 Å². The van der Waals surface area contributed by atoms with E-state index in [1.807, 2.05) is 4.90 Å². The van der Waals surface area contributed by atoms with Crippen LogP contribution < -0.4 is 0 Å². The number of aromatic amines is 1. The first kappa shape index (κ1) is 16.3. The van der Waals surface area contributed by atoms with E-state index in [9.17, 15) is 9.59 Å². The molecule has 140 valence electrons. The summed E-state index contributed by atoms with van der Waals surface area (Å²) in [6.07, 6.45) is 9.41. The highest BCUT2D eigenvalue weighted by molar-refractivity contribution is 5.88. The second-order valence-corrected chi connectivity index (χ2v) is 8.52. The lowest BCUT2D eigenvalue weighted by Gasteiger charge is -2.38. The zero-order valence-electron chi connectivity index (χ0n) is 15.3. The smallest absolute Gasteiger partial charge is 0.307 e. The van der Waals surface area contributed by atoms with Gasteiger partial charge < -0.3 is 9.64 Å². The van der Waals surface area contributed by atoms with Gasteiger partial charge >= 0.3 is 5.97 Å². The molecule has 1 aromatic heterocycles. The van der Waals surface area contributed by atoms with Crippen LogP contribution in [0.4, 0.5) is 0 Å². The standard InChI is InChI=1S/C20H27N3O3/c24-17-12-15(20(26-17)8-2-1-3-9-20)19(25)23-10-6-14-16(7-11-23)21-22-18(14)13-4-5-13/h13,15H,1-12H2,(H,21,22). The summed E-state index contributed by atoms with van der Waals surface area (Å²) in [5.74, 6) is 0.283. The summed E-state index contributed by atoms with van der Waals surface area (Å²) in [5.41, 5.74) is 3.26. The maximum atomic E-state index is 13.3. The van der Waals surface area contributed by atoms with Crippen LogP contribution in [-0.2, 0) is 27.2 Å². The zero-order chi connectivity index (χ0) is 17.7. The van der Waals surface area contributed by atoms with Gasteiger partial charge in [-0.15, -0.1) is 0 Å². The lowest BCUT2D eigenvalue weighted by molar-refractivity contribution is -0.155. The Hall–Kier alpha value is -1.85. The van der Waals surface area contributed by atoms with Crippen molar-refractivity contribution in [1.29, 1.82) is 0 Å². The van der Waals surface area contributed by atoms with Gasteiger partial charge in [-0.05, 0) is 50.5 Å². The third kappa shape index (κ3) is 2.65. The lowest BCUT2D eigenvalue weighted by atomic mass is 9.75. The van der Waals surface area contributed by atoms with Gasteiger partial charge in [0.1, 0.15) is 5.60 Å². The average molecular weight is 357 g/mol. The molecule has 1 spiro atoms. The predicted molar refractivity (Wildman–Crippen MR) is 94.6 cm³/mol. The molecule has 3 fully saturated rings. The van der Waals surface area contributed by atoms with E-state index in [4.69, 9.17) is 4.74 Å². The molecule has 5 rings (SSSR count). The Balaban J connectivity index is 1.33. The molecule has 6 heteroatoms. The summed E-state index contributed by atoms with van der Waals surface area (Å²) < 4.78 is 5.75. The minimum Gasteiger partial charge on any atom is -0.458 e. The van der Waals surface area contributed by atoms with E-state index in [1.54, 1.807) is 0 Å². The van der Waals surface area contributed by atoms with Crippen molar-refractivity contribution in [3.05, 3.63) is 17.0 Å². The molecular weight excluding hydrogens is 330 g/mol. The lowest BCUT2D eigenvalue weighted by Crippen LogP contribution is -2.48. The average Bonchev–Trinajstić information content (AvgIpc) is 3.38. The van der Waals surface area contributed by atoms with Crippen LogP contribution in [0.1, 0.15) is 74.2 Å². The van der Waals surface area contributed by atoms with Crippen molar-refractivity contribution < 1.29 is 14.3 Å². The van der Waals surface area contributed by atoms with Gasteiger partial charge in [0.15, 0.2) is 0 Å². The van der Waals surface area contributed by atoms with Crippen molar-refractivity contribution in [2.45, 2.75) is 75.7 Å². The Bertz CT molecular complexity index is 731. The van der Waals surface area contributed by atoms with Gasteiger partial charge in [-0.1, -0.05) is 6.42 Å². The fraction of sp³-hybridized carbons (Fsp3) is 0.750. The highest BCUT2D eigenvalue weighted by Crippen LogP contribution is 2.45. The van der Waals surface area contributed by atoms with Crippen LogP contribution in [-0.4, -0.2) is 45.7 Å². The molecule has 0 radical (unpaired) electrons. The van der Waals surface area contributed by atoms with Crippen LogP contribution in [0.25, 0.3) is 0 Å². The van der Waals surface area contributed by atoms with E-state index in [-0.39, 0.29) is 24.2 Å². The number of carbonyl (C=O) groups excluding carboxylic acids is 2. The number of hydrogen-bond donors (Lipinski definition) is 1. The second-order valence-electron chi connectivity index (χ2n) is 8.52. The molecule has 6 nitrogen and oxygen atoms in total. The van der Waals surface area contributed by atoms with Crippen LogP contribution in [0, 0.1) is 5.92 Å². The van der Waals surface area contributed by atoms with Gasteiger partial charge in [-0.2, -0.15) is 5.10 Å². The van der Waals surface area contributed by atoms with Crippen LogP contribution in [0.2, 0.25) is 0 Å². The number of aromatic nitrogens is 2. The third-order valence-corrected chi connectivity index (χ3v) is 6.84. The van der Waals surface area contributed by atoms with Crippen molar-refractivity contribution in [1.82, 2.24) is 15.1 Å². The summed E-state index contributed by atoms with van der Waals surface area (Å²) in [5, 5.41) is 7.75. The monoisotopic (exact) mass is 357 g/mol. The Morgan fingerprint density at radius 2 is 1.92 bits per heavy atom. The predicted octanol–water partition coefficient (Wildman–Crippen LogP) is 2.48. The minimum absolute atomic E-state index is 0.129. The van der Waals surface area contributed by atoms with Crippen LogP contribution >= 0.6 is 0 Å². The fourth-order valence-electron chi connectivity index (χ4n) is 5.25. The van der Waals surface area contributed by atoms with Gasteiger partial charge in [0.05, 0.1) is 18.0 Å². The van der Waals surface area contributed by atoms with Crippen LogP contribution in [0.15, 0.2) is 0 Å². The normalized spacial score (nSPS) is 27.9. The maximum Gasteiger partial charge on any atom is 0.307 e. The first-order valence-corrected chi connectivity index (χ1v) is 10.2. The van der Waals surface area contributed by atoms with E-state index in [2.05, 4.69) is 10.2 Å². The van der Waals surface area contributed by atoms with Gasteiger partial charge in [0.25, 0.3) is 0 Å². The number of amides is 1. The number of nitrogens with one attached hydrogen (secondary N) is 1. The molecule has 1 N–H and O–H groups in total.